The number of cyclic esters (lactones) is 1. The molecule has 0 bridgehead atoms. The number of esters is 2. The monoisotopic (exact) mass is 188 g/mol. The van der Waals surface area contributed by atoms with E-state index < -0.39 is 29.9 Å². The van der Waals surface area contributed by atoms with Crippen LogP contribution in [0.15, 0.2) is 0 Å². The van der Waals surface area contributed by atoms with Crippen molar-refractivity contribution in [2.24, 2.45) is 5.92 Å². The molecule has 1 aliphatic heterocycles. The highest BCUT2D eigenvalue weighted by atomic mass is 16.6. The van der Waals surface area contributed by atoms with Gasteiger partial charge in [-0.3, -0.25) is 9.59 Å². The van der Waals surface area contributed by atoms with E-state index in [2.05, 4.69) is 9.47 Å². The van der Waals surface area contributed by atoms with Gasteiger partial charge in [0.05, 0.1) is 13.5 Å². The van der Waals surface area contributed by atoms with Crippen molar-refractivity contribution in [1.29, 1.82) is 0 Å². The zero-order chi connectivity index (χ0) is 10.0. The fourth-order valence-corrected chi connectivity index (χ4v) is 1.10. The number of aliphatic carboxylic acids is 1. The summed E-state index contributed by atoms with van der Waals surface area (Å²) in [4.78, 5) is 32.1. The number of carbonyl (C=O) groups is 3. The van der Waals surface area contributed by atoms with Crippen molar-refractivity contribution in [3.05, 3.63) is 0 Å². The van der Waals surface area contributed by atoms with E-state index in [1.54, 1.807) is 0 Å². The first-order valence-corrected chi connectivity index (χ1v) is 3.56. The lowest BCUT2D eigenvalue weighted by Gasteiger charge is -2.10. The third-order valence-corrected chi connectivity index (χ3v) is 1.76. The Kier molecular flexibility index (Phi) is 2.50. The molecule has 0 unspecified atom stereocenters. The molecule has 0 amide bonds. The van der Waals surface area contributed by atoms with E-state index in [9.17, 15) is 14.4 Å². The second-order valence-electron chi connectivity index (χ2n) is 2.58. The number of carboxylic acids is 1. The summed E-state index contributed by atoms with van der Waals surface area (Å²) in [6.45, 7) is 0. The van der Waals surface area contributed by atoms with Crippen LogP contribution in [-0.2, 0) is 23.9 Å². The van der Waals surface area contributed by atoms with Gasteiger partial charge in [-0.15, -0.1) is 0 Å². The molecule has 13 heavy (non-hydrogen) atoms. The molecule has 1 rings (SSSR count). The van der Waals surface area contributed by atoms with Crippen LogP contribution < -0.4 is 0 Å². The van der Waals surface area contributed by atoms with Crippen LogP contribution in [0, 0.1) is 5.92 Å². The summed E-state index contributed by atoms with van der Waals surface area (Å²) in [6.07, 6.45) is -1.58. The molecule has 0 aromatic heterocycles. The summed E-state index contributed by atoms with van der Waals surface area (Å²) < 4.78 is 8.78. The molecule has 0 aliphatic carbocycles. The minimum absolute atomic E-state index is 0.283. The van der Waals surface area contributed by atoms with E-state index in [4.69, 9.17) is 5.11 Å². The molecule has 2 atom stereocenters. The van der Waals surface area contributed by atoms with Gasteiger partial charge >= 0.3 is 17.9 Å². The Bertz CT molecular complexity index is 258. The average Bonchev–Trinajstić information content (AvgIpc) is 2.46. The Morgan fingerprint density at radius 1 is 1.62 bits per heavy atom. The van der Waals surface area contributed by atoms with E-state index >= 15 is 0 Å². The summed E-state index contributed by atoms with van der Waals surface area (Å²) in [5, 5.41) is 8.61. The minimum atomic E-state index is -1.30. The van der Waals surface area contributed by atoms with Crippen molar-refractivity contribution in [3.8, 4) is 0 Å². The third-order valence-electron chi connectivity index (χ3n) is 1.76. The van der Waals surface area contributed by atoms with Crippen molar-refractivity contribution in [1.82, 2.24) is 0 Å². The zero-order valence-electron chi connectivity index (χ0n) is 6.85. The van der Waals surface area contributed by atoms with Gasteiger partial charge < -0.3 is 14.6 Å². The second kappa shape index (κ2) is 3.42. The number of ether oxygens (including phenoxy) is 2. The van der Waals surface area contributed by atoms with Gasteiger partial charge in [0.2, 0.25) is 6.10 Å². The Morgan fingerprint density at radius 3 is 2.69 bits per heavy atom. The topological polar surface area (TPSA) is 89.9 Å². The summed E-state index contributed by atoms with van der Waals surface area (Å²) in [6, 6.07) is 0. The molecule has 1 heterocycles. The Hall–Kier alpha value is -1.59. The number of carboxylic acid groups (broad SMARTS) is 1. The van der Waals surface area contributed by atoms with Crippen LogP contribution >= 0.6 is 0 Å². The molecule has 1 fully saturated rings. The smallest absolute Gasteiger partial charge is 0.348 e. The van der Waals surface area contributed by atoms with E-state index in [-0.39, 0.29) is 6.42 Å². The Morgan fingerprint density at radius 2 is 2.23 bits per heavy atom. The lowest BCUT2D eigenvalue weighted by molar-refractivity contribution is -0.163. The summed E-state index contributed by atoms with van der Waals surface area (Å²) in [5.74, 6) is -3.89. The van der Waals surface area contributed by atoms with Crippen LogP contribution in [0.4, 0.5) is 0 Å². The van der Waals surface area contributed by atoms with Crippen molar-refractivity contribution in [3.63, 3.8) is 0 Å². The van der Waals surface area contributed by atoms with Gasteiger partial charge in [-0.2, -0.15) is 0 Å². The minimum Gasteiger partial charge on any atom is -0.481 e. The van der Waals surface area contributed by atoms with Crippen LogP contribution in [0.5, 0.6) is 0 Å². The van der Waals surface area contributed by atoms with Gasteiger partial charge in [0.1, 0.15) is 5.92 Å². The predicted molar refractivity (Wildman–Crippen MR) is 37.6 cm³/mol. The molecule has 0 aromatic carbocycles. The standard InChI is InChI=1S/C7H8O6/c1-12-7(11)5-3(6(9)10)2-4(8)13-5/h3,5H,2H2,1H3,(H,9,10)/t3-,5+/m0/s1. The van der Waals surface area contributed by atoms with Crippen molar-refractivity contribution >= 4 is 17.9 Å². The Balaban J connectivity index is 2.77. The lowest BCUT2D eigenvalue weighted by Crippen LogP contribution is -2.32. The maximum atomic E-state index is 10.9. The first kappa shape index (κ1) is 9.50. The molecule has 6 heteroatoms. The SMILES string of the molecule is COC(=O)[C@@H]1OC(=O)C[C@@H]1C(=O)O. The molecule has 0 radical (unpaired) electrons. The van der Waals surface area contributed by atoms with Gasteiger partial charge in [-0.1, -0.05) is 0 Å². The zero-order valence-corrected chi connectivity index (χ0v) is 6.85. The molecular weight excluding hydrogens is 180 g/mol. The summed E-state index contributed by atoms with van der Waals surface area (Å²) >= 11 is 0. The number of methoxy groups -OCH3 is 1. The quantitative estimate of drug-likeness (QED) is 0.569. The number of carbonyl (C=O) groups excluding carboxylic acids is 2. The Labute approximate surface area is 73.4 Å². The van der Waals surface area contributed by atoms with E-state index in [0.29, 0.717) is 0 Å². The first-order valence-electron chi connectivity index (χ1n) is 3.56. The van der Waals surface area contributed by atoms with E-state index in [1.165, 1.54) is 0 Å². The maximum Gasteiger partial charge on any atom is 0.348 e. The lowest BCUT2D eigenvalue weighted by atomic mass is 10.0. The van der Waals surface area contributed by atoms with Gasteiger partial charge in [-0.05, 0) is 0 Å². The molecule has 0 aromatic rings. The molecular formula is C7H8O6. The third kappa shape index (κ3) is 1.77. The maximum absolute atomic E-state index is 10.9. The fraction of sp³-hybridized carbons (Fsp3) is 0.571. The number of rotatable bonds is 2. The van der Waals surface area contributed by atoms with Crippen LogP contribution in [0.25, 0.3) is 0 Å². The van der Waals surface area contributed by atoms with Crippen molar-refractivity contribution in [2.45, 2.75) is 12.5 Å². The molecule has 0 saturated carbocycles. The summed E-state index contributed by atoms with van der Waals surface area (Å²) in [7, 11) is 1.10. The van der Waals surface area contributed by atoms with Gasteiger partial charge in [0.15, 0.2) is 0 Å². The second-order valence-corrected chi connectivity index (χ2v) is 2.58. The normalized spacial score (nSPS) is 26.7. The highest BCUT2D eigenvalue weighted by Gasteiger charge is 2.45. The molecule has 1 N–H and O–H groups in total. The van der Waals surface area contributed by atoms with Gasteiger partial charge in [-0.25, -0.2) is 4.79 Å². The first-order chi connectivity index (χ1) is 6.06. The predicted octanol–water partition coefficient (Wildman–Crippen LogP) is -0.824. The molecule has 6 nitrogen and oxygen atoms in total. The number of hydrogen-bond acceptors (Lipinski definition) is 5. The largest absolute Gasteiger partial charge is 0.481 e. The van der Waals surface area contributed by atoms with Crippen molar-refractivity contribution in [2.75, 3.05) is 7.11 Å². The van der Waals surface area contributed by atoms with Gasteiger partial charge in [0, 0.05) is 0 Å². The van der Waals surface area contributed by atoms with E-state index in [0.717, 1.165) is 7.11 Å². The summed E-state index contributed by atoms with van der Waals surface area (Å²) in [5.41, 5.74) is 0. The molecule has 1 saturated heterocycles. The molecule has 0 spiro atoms. The van der Waals surface area contributed by atoms with Crippen molar-refractivity contribution < 1.29 is 29.0 Å². The highest BCUT2D eigenvalue weighted by Crippen LogP contribution is 2.23. The van der Waals surface area contributed by atoms with Gasteiger partial charge in [0.25, 0.3) is 0 Å². The number of hydrogen-bond donors (Lipinski definition) is 1. The van der Waals surface area contributed by atoms with Crippen LogP contribution in [0.1, 0.15) is 6.42 Å². The van der Waals surface area contributed by atoms with Crippen LogP contribution in [0.2, 0.25) is 0 Å². The fourth-order valence-electron chi connectivity index (χ4n) is 1.10. The van der Waals surface area contributed by atoms with Crippen LogP contribution in [0.3, 0.4) is 0 Å². The highest BCUT2D eigenvalue weighted by molar-refractivity contribution is 5.91. The van der Waals surface area contributed by atoms with Crippen LogP contribution in [-0.4, -0.2) is 36.2 Å². The van der Waals surface area contributed by atoms with E-state index in [1.807, 2.05) is 0 Å². The average molecular weight is 188 g/mol. The molecule has 1 aliphatic rings. The molecule has 72 valence electrons.